The van der Waals surface area contributed by atoms with E-state index < -0.39 is 51.8 Å². The molecule has 1 aliphatic rings. The third-order valence-corrected chi connectivity index (χ3v) is 8.95. The highest BCUT2D eigenvalue weighted by Crippen LogP contribution is 2.40. The number of halogens is 4. The van der Waals surface area contributed by atoms with E-state index in [1.54, 1.807) is 7.05 Å². The Balaban J connectivity index is 1.59. The van der Waals surface area contributed by atoms with Crippen molar-refractivity contribution in [3.05, 3.63) is 40.7 Å². The molecule has 1 fully saturated rings. The van der Waals surface area contributed by atoms with Crippen LogP contribution >= 0.6 is 11.3 Å². The van der Waals surface area contributed by atoms with Gasteiger partial charge in [-0.2, -0.15) is 27.8 Å². The Labute approximate surface area is 226 Å². The van der Waals surface area contributed by atoms with Gasteiger partial charge >= 0.3 is 6.18 Å². The number of nitrogens with one attached hydrogen (secondary N) is 1. The zero-order chi connectivity index (χ0) is 28.8. The average molecular weight is 588 g/mol. The van der Waals surface area contributed by atoms with E-state index in [2.05, 4.69) is 20.4 Å². The maximum absolute atomic E-state index is 15.1. The molecule has 4 heterocycles. The number of aliphatic hydroxyl groups is 1. The second kappa shape index (κ2) is 10.5. The molecule has 0 aromatic carbocycles. The molecule has 210 valence electrons. The van der Waals surface area contributed by atoms with Gasteiger partial charge in [0.2, 0.25) is 16.0 Å². The van der Waals surface area contributed by atoms with Gasteiger partial charge in [-0.15, -0.1) is 11.3 Å². The van der Waals surface area contributed by atoms with Crippen LogP contribution in [0.1, 0.15) is 36.3 Å². The van der Waals surface area contributed by atoms with Gasteiger partial charge in [-0.25, -0.2) is 22.8 Å². The lowest BCUT2D eigenvalue weighted by Crippen LogP contribution is -2.50. The lowest BCUT2D eigenvalue weighted by molar-refractivity contribution is -0.137. The molecule has 0 radical (unpaired) electrons. The fourth-order valence-corrected chi connectivity index (χ4v) is 6.90. The van der Waals surface area contributed by atoms with Crippen LogP contribution in [0.15, 0.2) is 29.6 Å². The van der Waals surface area contributed by atoms with Crippen molar-refractivity contribution in [1.82, 2.24) is 24.1 Å². The Morgan fingerprint density at radius 3 is 2.59 bits per heavy atom. The number of thiophene rings is 1. The Morgan fingerprint density at radius 1 is 1.31 bits per heavy atom. The van der Waals surface area contributed by atoms with Crippen molar-refractivity contribution in [2.75, 3.05) is 18.4 Å². The number of sulfonamides is 1. The van der Waals surface area contributed by atoms with E-state index in [9.17, 15) is 32.0 Å². The first-order valence-electron chi connectivity index (χ1n) is 11.7. The molecule has 0 amide bonds. The van der Waals surface area contributed by atoms with Gasteiger partial charge in [-0.1, -0.05) is 0 Å². The fraction of sp³-hybridized carbons (Fsp3) is 0.478. The second-order valence-corrected chi connectivity index (χ2v) is 12.8. The smallest absolute Gasteiger partial charge is 0.390 e. The predicted octanol–water partition coefficient (Wildman–Crippen LogP) is 3.36. The minimum Gasteiger partial charge on any atom is -0.390 e. The van der Waals surface area contributed by atoms with Gasteiger partial charge in [0.25, 0.3) is 0 Å². The third kappa shape index (κ3) is 6.38. The lowest BCUT2D eigenvalue weighted by atomic mass is 10.0. The molecule has 1 aliphatic heterocycles. The number of nitriles is 1. The van der Waals surface area contributed by atoms with Gasteiger partial charge in [0, 0.05) is 43.8 Å². The van der Waals surface area contributed by atoms with Crippen LogP contribution in [0.5, 0.6) is 0 Å². The van der Waals surface area contributed by atoms with Gasteiger partial charge in [0.05, 0.1) is 34.0 Å². The summed E-state index contributed by atoms with van der Waals surface area (Å²) in [6.45, 7) is 2.52. The molecule has 0 bridgehead atoms. The zero-order valence-electron chi connectivity index (χ0n) is 21.1. The first-order valence-corrected chi connectivity index (χ1v) is 13.9. The maximum atomic E-state index is 15.1. The molecular weight excluding hydrogens is 562 g/mol. The number of hydrogen-bond acceptors (Lipinski definition) is 9. The molecule has 3 aromatic heterocycles. The molecule has 0 spiro atoms. The highest BCUT2D eigenvalue weighted by atomic mass is 32.2. The number of nitrogens with zero attached hydrogens (tertiary/aromatic N) is 6. The molecule has 0 saturated carbocycles. The summed E-state index contributed by atoms with van der Waals surface area (Å²) in [6, 6.07) is 2.24. The molecule has 1 saturated heterocycles. The third-order valence-electron chi connectivity index (χ3n) is 5.99. The average Bonchev–Trinajstić information content (AvgIpc) is 3.44. The van der Waals surface area contributed by atoms with Crippen LogP contribution in [0.25, 0.3) is 10.6 Å². The minimum absolute atomic E-state index is 0.00763. The van der Waals surface area contributed by atoms with E-state index in [-0.39, 0.29) is 40.7 Å². The summed E-state index contributed by atoms with van der Waals surface area (Å²) in [6.07, 6.45) is -3.41. The summed E-state index contributed by atoms with van der Waals surface area (Å²) in [5.41, 5.74) is -2.71. The topological polar surface area (TPSA) is 137 Å². The normalized spacial score (nSPS) is 19.2. The number of anilines is 1. The maximum Gasteiger partial charge on any atom is 0.420 e. The standard InChI is InChI=1S/C23H25F4N7O3S2/c1-22(2,35)7-19-13(8-28)6-18(38-19)20-15(23(25,26)27)10-29-21(32-20)31-17-4-5-34(12-16(17)24)39(36,37)14-9-30-33(3)11-14/h6,9-11,16-17,35H,4-5,7,12H2,1-3H3,(H,29,31,32)/t16-,17-/m1/s1. The predicted molar refractivity (Wildman–Crippen MR) is 134 cm³/mol. The van der Waals surface area contributed by atoms with Crippen LogP contribution in [0.4, 0.5) is 23.5 Å². The largest absolute Gasteiger partial charge is 0.420 e. The summed E-state index contributed by atoms with van der Waals surface area (Å²) in [5.74, 6) is -0.273. The molecular formula is C23H25F4N7O3S2. The molecule has 39 heavy (non-hydrogen) atoms. The quantitative estimate of drug-likeness (QED) is 0.402. The molecule has 16 heteroatoms. The highest BCUT2D eigenvalue weighted by molar-refractivity contribution is 7.89. The first-order chi connectivity index (χ1) is 18.1. The van der Waals surface area contributed by atoms with Crippen LogP contribution < -0.4 is 5.32 Å². The Bertz CT molecular complexity index is 1510. The zero-order valence-corrected chi connectivity index (χ0v) is 22.7. The number of aryl methyl sites for hydroxylation is 1. The van der Waals surface area contributed by atoms with E-state index in [4.69, 9.17) is 0 Å². The summed E-state index contributed by atoms with van der Waals surface area (Å²) >= 11 is 0.897. The molecule has 2 atom stereocenters. The summed E-state index contributed by atoms with van der Waals surface area (Å²) in [4.78, 5) is 8.12. The summed E-state index contributed by atoms with van der Waals surface area (Å²) in [7, 11) is -2.42. The van der Waals surface area contributed by atoms with Crippen LogP contribution in [0.3, 0.4) is 0 Å². The van der Waals surface area contributed by atoms with E-state index >= 15 is 4.39 Å². The Hall–Kier alpha value is -3.13. The minimum atomic E-state index is -4.81. The molecule has 2 N–H and O–H groups in total. The van der Waals surface area contributed by atoms with E-state index in [0.29, 0.717) is 11.1 Å². The van der Waals surface area contributed by atoms with Crippen LogP contribution in [-0.4, -0.2) is 68.5 Å². The molecule has 0 aliphatic carbocycles. The lowest BCUT2D eigenvalue weighted by Gasteiger charge is -2.34. The summed E-state index contributed by atoms with van der Waals surface area (Å²) < 4.78 is 84.5. The van der Waals surface area contributed by atoms with Crippen molar-refractivity contribution in [3.8, 4) is 16.6 Å². The van der Waals surface area contributed by atoms with E-state index in [0.717, 1.165) is 15.6 Å². The highest BCUT2D eigenvalue weighted by Gasteiger charge is 2.39. The van der Waals surface area contributed by atoms with Gasteiger partial charge in [-0.3, -0.25) is 4.68 Å². The molecule has 4 rings (SSSR count). The number of alkyl halides is 4. The first kappa shape index (κ1) is 28.9. The SMILES string of the molecule is Cn1cc(S(=O)(=O)N2CC[C@@H](Nc3ncc(C(F)(F)F)c(-c4cc(C#N)c(CC(C)(C)O)s4)n3)[C@H](F)C2)cn1. The van der Waals surface area contributed by atoms with Crippen LogP contribution in [0.2, 0.25) is 0 Å². The van der Waals surface area contributed by atoms with Gasteiger partial charge < -0.3 is 10.4 Å². The van der Waals surface area contributed by atoms with Crippen molar-refractivity contribution < 1.29 is 31.1 Å². The van der Waals surface area contributed by atoms with Gasteiger partial charge in [-0.05, 0) is 26.3 Å². The van der Waals surface area contributed by atoms with Crippen LogP contribution in [-0.2, 0) is 29.7 Å². The number of aromatic nitrogens is 4. The monoisotopic (exact) mass is 587 g/mol. The fourth-order valence-electron chi connectivity index (χ4n) is 4.12. The molecule has 0 unspecified atom stereocenters. The number of hydrogen-bond donors (Lipinski definition) is 2. The van der Waals surface area contributed by atoms with Crippen molar-refractivity contribution >= 4 is 27.3 Å². The van der Waals surface area contributed by atoms with E-state index in [1.165, 1.54) is 37.0 Å². The number of rotatable bonds is 7. The van der Waals surface area contributed by atoms with Crippen LogP contribution in [0, 0.1) is 11.3 Å². The van der Waals surface area contributed by atoms with Crippen molar-refractivity contribution in [2.45, 2.75) is 55.6 Å². The van der Waals surface area contributed by atoms with Gasteiger partial charge in [0.15, 0.2) is 0 Å². The molecule has 10 nitrogen and oxygen atoms in total. The number of piperidine rings is 1. The van der Waals surface area contributed by atoms with Crippen molar-refractivity contribution in [1.29, 1.82) is 5.26 Å². The van der Waals surface area contributed by atoms with E-state index in [1.807, 2.05) is 6.07 Å². The Kier molecular flexibility index (Phi) is 7.74. The van der Waals surface area contributed by atoms with Crippen molar-refractivity contribution in [3.63, 3.8) is 0 Å². The summed E-state index contributed by atoms with van der Waals surface area (Å²) in [5, 5.41) is 26.2. The van der Waals surface area contributed by atoms with Crippen molar-refractivity contribution in [2.24, 2.45) is 7.05 Å². The second-order valence-electron chi connectivity index (χ2n) is 9.77. The van der Waals surface area contributed by atoms with Gasteiger partial charge in [0.1, 0.15) is 22.7 Å². The molecule has 3 aromatic rings. The Morgan fingerprint density at radius 2 is 2.03 bits per heavy atom.